The van der Waals surface area contributed by atoms with Crippen molar-refractivity contribution in [3.05, 3.63) is 52.0 Å². The first-order chi connectivity index (χ1) is 9.15. The maximum Gasteiger partial charge on any atom is 0.194 e. The molecule has 0 aliphatic heterocycles. The van der Waals surface area contributed by atoms with Crippen molar-refractivity contribution < 1.29 is 13.2 Å². The van der Waals surface area contributed by atoms with Crippen molar-refractivity contribution in [3.63, 3.8) is 0 Å². The van der Waals surface area contributed by atoms with E-state index in [2.05, 4.69) is 5.32 Å². The second-order valence-electron chi connectivity index (χ2n) is 4.73. The van der Waals surface area contributed by atoms with Crippen molar-refractivity contribution in [3.8, 4) is 0 Å². The van der Waals surface area contributed by atoms with Crippen LogP contribution in [0.3, 0.4) is 0 Å². The number of anilines is 1. The number of rotatable bonds is 4. The lowest BCUT2D eigenvalue weighted by molar-refractivity contribution is 0.447. The number of nitrogens with one attached hydrogen (secondary N) is 1. The summed E-state index contributed by atoms with van der Waals surface area (Å²) in [4.78, 5) is 1.13. The van der Waals surface area contributed by atoms with Crippen LogP contribution in [-0.2, 0) is 0 Å². The molecule has 1 aliphatic carbocycles. The van der Waals surface area contributed by atoms with E-state index >= 15 is 0 Å². The normalized spacial score (nSPS) is 16.4. The number of benzene rings is 1. The van der Waals surface area contributed by atoms with Gasteiger partial charge in [0.25, 0.3) is 0 Å². The molecule has 0 bridgehead atoms. The molecular weight excluding hydrogens is 271 g/mol. The first-order valence-electron chi connectivity index (χ1n) is 6.09. The fraction of sp³-hybridized carbons (Fsp3) is 0.286. The molecule has 0 radical (unpaired) electrons. The monoisotopic (exact) mass is 283 g/mol. The largest absolute Gasteiger partial charge is 0.377 e. The molecular formula is C14H12F3NS. The van der Waals surface area contributed by atoms with Crippen LogP contribution in [-0.4, -0.2) is 0 Å². The average Bonchev–Trinajstić information content (AvgIpc) is 3.07. The van der Waals surface area contributed by atoms with E-state index in [1.807, 2.05) is 17.5 Å². The minimum absolute atomic E-state index is 0.0456. The molecule has 1 saturated carbocycles. The Bertz CT molecular complexity index is 555. The van der Waals surface area contributed by atoms with Crippen LogP contribution in [0.2, 0.25) is 0 Å². The van der Waals surface area contributed by atoms with Gasteiger partial charge in [-0.15, -0.1) is 11.3 Å². The Morgan fingerprint density at radius 1 is 1.16 bits per heavy atom. The Kier molecular flexibility index (Phi) is 3.22. The van der Waals surface area contributed by atoms with Crippen molar-refractivity contribution in [1.82, 2.24) is 0 Å². The van der Waals surface area contributed by atoms with E-state index in [4.69, 9.17) is 0 Å². The lowest BCUT2D eigenvalue weighted by Gasteiger charge is -2.18. The molecule has 1 fully saturated rings. The second kappa shape index (κ2) is 4.89. The summed E-state index contributed by atoms with van der Waals surface area (Å²) >= 11 is 1.61. The quantitative estimate of drug-likeness (QED) is 0.800. The molecule has 1 aliphatic rings. The molecule has 1 aromatic heterocycles. The standard InChI is InChI=1S/C14H12F3NS/c15-10-6-9(7-11(16)13(10)17)18-14(8-3-4-8)12-2-1-5-19-12/h1-2,5-8,14,18H,3-4H2. The van der Waals surface area contributed by atoms with Gasteiger partial charge in [0.05, 0.1) is 6.04 Å². The van der Waals surface area contributed by atoms with Gasteiger partial charge in [-0.1, -0.05) is 6.07 Å². The van der Waals surface area contributed by atoms with Crippen molar-refractivity contribution in [2.75, 3.05) is 5.32 Å². The summed E-state index contributed by atoms with van der Waals surface area (Å²) in [5.74, 6) is -3.27. The lowest BCUT2D eigenvalue weighted by atomic mass is 10.1. The van der Waals surface area contributed by atoms with Crippen LogP contribution < -0.4 is 5.32 Å². The Labute approximate surface area is 113 Å². The van der Waals surface area contributed by atoms with Crippen LogP contribution in [0.1, 0.15) is 23.8 Å². The van der Waals surface area contributed by atoms with Gasteiger partial charge < -0.3 is 5.32 Å². The number of hydrogen-bond acceptors (Lipinski definition) is 2. The van der Waals surface area contributed by atoms with Gasteiger partial charge in [0.1, 0.15) is 0 Å². The van der Waals surface area contributed by atoms with Gasteiger partial charge in [0.15, 0.2) is 17.5 Å². The van der Waals surface area contributed by atoms with E-state index in [0.29, 0.717) is 5.92 Å². The van der Waals surface area contributed by atoms with Crippen LogP contribution in [0.25, 0.3) is 0 Å². The zero-order valence-corrected chi connectivity index (χ0v) is 10.8. The molecule has 0 saturated heterocycles. The summed E-state index contributed by atoms with van der Waals surface area (Å²) in [7, 11) is 0. The molecule has 1 heterocycles. The van der Waals surface area contributed by atoms with Gasteiger partial charge in [-0.25, -0.2) is 13.2 Å². The van der Waals surface area contributed by atoms with Gasteiger partial charge in [-0.3, -0.25) is 0 Å². The lowest BCUT2D eigenvalue weighted by Crippen LogP contribution is -2.12. The number of hydrogen-bond donors (Lipinski definition) is 1. The summed E-state index contributed by atoms with van der Waals surface area (Å²) in [5, 5.41) is 5.09. The third-order valence-electron chi connectivity index (χ3n) is 3.25. The van der Waals surface area contributed by atoms with E-state index < -0.39 is 17.5 Å². The molecule has 1 aromatic carbocycles. The van der Waals surface area contributed by atoms with Crippen LogP contribution in [0.15, 0.2) is 29.6 Å². The number of thiophene rings is 1. The topological polar surface area (TPSA) is 12.0 Å². The van der Waals surface area contributed by atoms with Crippen LogP contribution in [0.4, 0.5) is 18.9 Å². The van der Waals surface area contributed by atoms with Crippen LogP contribution in [0.5, 0.6) is 0 Å². The molecule has 19 heavy (non-hydrogen) atoms. The van der Waals surface area contributed by atoms with Crippen molar-refractivity contribution in [2.24, 2.45) is 5.92 Å². The van der Waals surface area contributed by atoms with E-state index in [1.165, 1.54) is 0 Å². The fourth-order valence-corrected chi connectivity index (χ4v) is 3.01. The molecule has 3 rings (SSSR count). The van der Waals surface area contributed by atoms with E-state index in [-0.39, 0.29) is 11.7 Å². The summed E-state index contributed by atoms with van der Waals surface area (Å²) in [6.45, 7) is 0. The van der Waals surface area contributed by atoms with E-state index in [1.54, 1.807) is 11.3 Å². The highest BCUT2D eigenvalue weighted by atomic mass is 32.1. The predicted octanol–water partition coefficient (Wildman–Crippen LogP) is 4.73. The van der Waals surface area contributed by atoms with Crippen molar-refractivity contribution in [1.29, 1.82) is 0 Å². The highest BCUT2D eigenvalue weighted by Gasteiger charge is 2.33. The molecule has 1 unspecified atom stereocenters. The zero-order chi connectivity index (χ0) is 13.4. The Balaban J connectivity index is 1.86. The first-order valence-corrected chi connectivity index (χ1v) is 6.97. The fourth-order valence-electron chi connectivity index (χ4n) is 2.14. The first kappa shape index (κ1) is 12.5. The van der Waals surface area contributed by atoms with Gasteiger partial charge >= 0.3 is 0 Å². The average molecular weight is 283 g/mol. The molecule has 0 spiro atoms. The van der Waals surface area contributed by atoms with Gasteiger partial charge in [0, 0.05) is 22.7 Å². The highest BCUT2D eigenvalue weighted by molar-refractivity contribution is 7.10. The van der Waals surface area contributed by atoms with E-state index in [9.17, 15) is 13.2 Å². The number of halogens is 3. The minimum Gasteiger partial charge on any atom is -0.377 e. The Morgan fingerprint density at radius 3 is 2.37 bits per heavy atom. The molecule has 0 amide bonds. The molecule has 100 valence electrons. The Hall–Kier alpha value is -1.49. The second-order valence-corrected chi connectivity index (χ2v) is 5.71. The predicted molar refractivity (Wildman–Crippen MR) is 69.7 cm³/mol. The summed E-state index contributed by atoms with van der Waals surface area (Å²) in [5.41, 5.74) is 0.279. The molecule has 1 N–H and O–H groups in total. The molecule has 1 atom stereocenters. The van der Waals surface area contributed by atoms with Gasteiger partial charge in [-0.05, 0) is 30.2 Å². The molecule has 5 heteroatoms. The van der Waals surface area contributed by atoms with Gasteiger partial charge in [0.2, 0.25) is 0 Å². The summed E-state index contributed by atoms with van der Waals surface area (Å²) in [6, 6.07) is 5.99. The third-order valence-corrected chi connectivity index (χ3v) is 4.20. The third kappa shape index (κ3) is 2.61. The summed E-state index contributed by atoms with van der Waals surface area (Å²) < 4.78 is 39.3. The zero-order valence-electron chi connectivity index (χ0n) is 10.00. The highest BCUT2D eigenvalue weighted by Crippen LogP contribution is 2.44. The summed E-state index contributed by atoms with van der Waals surface area (Å²) in [6.07, 6.45) is 2.20. The van der Waals surface area contributed by atoms with Crippen LogP contribution >= 0.6 is 11.3 Å². The molecule has 1 nitrogen and oxygen atoms in total. The van der Waals surface area contributed by atoms with Crippen LogP contribution in [0, 0.1) is 23.4 Å². The maximum atomic E-state index is 13.2. The van der Waals surface area contributed by atoms with Crippen molar-refractivity contribution in [2.45, 2.75) is 18.9 Å². The molecule has 2 aromatic rings. The van der Waals surface area contributed by atoms with E-state index in [0.717, 1.165) is 29.9 Å². The SMILES string of the molecule is Fc1cc(NC(c2cccs2)C2CC2)cc(F)c1F. The van der Waals surface area contributed by atoms with Crippen molar-refractivity contribution >= 4 is 17.0 Å². The Morgan fingerprint density at radius 2 is 1.84 bits per heavy atom. The maximum absolute atomic E-state index is 13.2. The minimum atomic E-state index is -1.43. The van der Waals surface area contributed by atoms with Gasteiger partial charge in [-0.2, -0.15) is 0 Å². The smallest absolute Gasteiger partial charge is 0.194 e.